The average molecular weight is 405 g/mol. The summed E-state index contributed by atoms with van der Waals surface area (Å²) in [5, 5.41) is 0. The van der Waals surface area contributed by atoms with Gasteiger partial charge in [-0.05, 0) is 97.8 Å². The Morgan fingerprint density at radius 2 is 1.59 bits per heavy atom. The van der Waals surface area contributed by atoms with E-state index in [0.717, 1.165) is 38.8 Å². The van der Waals surface area contributed by atoms with Crippen molar-refractivity contribution in [2.75, 3.05) is 34.2 Å². The van der Waals surface area contributed by atoms with E-state index in [-0.39, 0.29) is 22.7 Å². The van der Waals surface area contributed by atoms with Gasteiger partial charge in [0.15, 0.2) is 0 Å². The predicted molar refractivity (Wildman–Crippen MR) is 119 cm³/mol. The van der Waals surface area contributed by atoms with Crippen LogP contribution in [-0.2, 0) is 0 Å². The smallest absolute Gasteiger partial charge is 0.0409 e. The maximum Gasteiger partial charge on any atom is 0.0409 e. The summed E-state index contributed by atoms with van der Waals surface area (Å²) in [7, 11) is 7.03. The summed E-state index contributed by atoms with van der Waals surface area (Å²) in [6.45, 7) is 4.46. The van der Waals surface area contributed by atoms with E-state index in [1.807, 2.05) is 0 Å². The molecule has 6 N–H and O–H groups in total. The zero-order valence-corrected chi connectivity index (χ0v) is 19.1. The molecule has 0 aromatic carbocycles. The van der Waals surface area contributed by atoms with Crippen molar-refractivity contribution in [2.45, 2.75) is 99.1 Å². The summed E-state index contributed by atoms with van der Waals surface area (Å²) in [5.41, 5.74) is 20.9. The number of likely N-dealkylation sites (N-methyl/N-ethyl adjacent to an activating group) is 2. The van der Waals surface area contributed by atoms with E-state index in [4.69, 9.17) is 17.2 Å². The molecule has 0 aromatic rings. The van der Waals surface area contributed by atoms with Gasteiger partial charge in [0.05, 0.1) is 0 Å². The van der Waals surface area contributed by atoms with Crippen LogP contribution in [0.4, 0.5) is 0 Å². The highest BCUT2D eigenvalue weighted by Crippen LogP contribution is 2.60. The van der Waals surface area contributed by atoms with Gasteiger partial charge in [-0.3, -0.25) is 9.80 Å². The minimum absolute atomic E-state index is 0.112. The molecule has 5 rings (SSSR count). The third-order valence-corrected chi connectivity index (χ3v) is 10.5. The molecule has 5 aliphatic rings. The predicted octanol–water partition coefficient (Wildman–Crippen LogP) is 0.790. The molecule has 0 radical (unpaired) electrons. The SMILES string of the molecule is CN1CCC(C)(N)C(C2[C@H]3CC[C@@]([C@@]45CC[C@@H](C[C@@H](N)C4)N5C)(C[C@@H]2N)N3C)C1. The van der Waals surface area contributed by atoms with Crippen LogP contribution < -0.4 is 17.2 Å². The molecule has 3 unspecified atom stereocenters. The summed E-state index contributed by atoms with van der Waals surface area (Å²) >= 11 is 0. The maximum absolute atomic E-state index is 7.11. The number of rotatable bonds is 2. The normalized spacial score (nSPS) is 56.8. The Labute approximate surface area is 177 Å². The molecule has 5 fully saturated rings. The molecule has 0 spiro atoms. The van der Waals surface area contributed by atoms with Gasteiger partial charge in [0.1, 0.15) is 0 Å². The van der Waals surface area contributed by atoms with E-state index in [1.54, 1.807) is 0 Å². The van der Waals surface area contributed by atoms with Crippen molar-refractivity contribution in [1.29, 1.82) is 0 Å². The second-order valence-corrected chi connectivity index (χ2v) is 11.9. The lowest BCUT2D eigenvalue weighted by Crippen LogP contribution is -2.75. The molecule has 0 amide bonds. The first-order valence-electron chi connectivity index (χ1n) is 12.1. The molecule has 9 atom stereocenters. The second-order valence-electron chi connectivity index (χ2n) is 11.9. The molecule has 0 aromatic heterocycles. The van der Waals surface area contributed by atoms with Crippen molar-refractivity contribution < 1.29 is 0 Å². The number of fused-ring (bicyclic) bond motifs is 5. The fourth-order valence-electron chi connectivity index (χ4n) is 8.98. The van der Waals surface area contributed by atoms with Crippen molar-refractivity contribution in [1.82, 2.24) is 14.7 Å². The Balaban J connectivity index is 1.49. The van der Waals surface area contributed by atoms with Crippen molar-refractivity contribution in [3.8, 4) is 0 Å². The topological polar surface area (TPSA) is 87.8 Å². The third kappa shape index (κ3) is 2.69. The van der Waals surface area contributed by atoms with E-state index < -0.39 is 0 Å². The first kappa shape index (κ1) is 20.7. The second kappa shape index (κ2) is 6.63. The highest BCUT2D eigenvalue weighted by molar-refractivity contribution is 5.26. The van der Waals surface area contributed by atoms with Crippen LogP contribution >= 0.6 is 0 Å². The summed E-state index contributed by atoms with van der Waals surface area (Å²) < 4.78 is 0. The van der Waals surface area contributed by atoms with Crippen molar-refractivity contribution in [3.05, 3.63) is 0 Å². The van der Waals surface area contributed by atoms with Crippen LogP contribution in [-0.4, -0.2) is 89.7 Å². The molecular formula is C23H44N6. The lowest BCUT2D eigenvalue weighted by Gasteiger charge is -2.63. The monoisotopic (exact) mass is 404 g/mol. The fraction of sp³-hybridized carbons (Fsp3) is 1.00. The summed E-state index contributed by atoms with van der Waals surface area (Å²) in [5.74, 6) is 0.963. The Morgan fingerprint density at radius 3 is 2.34 bits per heavy atom. The van der Waals surface area contributed by atoms with Gasteiger partial charge in [0.25, 0.3) is 0 Å². The molecule has 166 valence electrons. The Kier molecular flexibility index (Phi) is 4.72. The van der Waals surface area contributed by atoms with Crippen LogP contribution in [0.5, 0.6) is 0 Å². The number of hydrogen-bond donors (Lipinski definition) is 3. The standard InChI is InChI=1S/C23H44N6/c1-21(26)9-10-27(2)14-17(21)20-18(25)13-23(8-6-19(20)29(23)4)22-7-5-16(28(22)3)11-15(24)12-22/h15-20H,5-14,24-26H2,1-4H3/t15-,16+,17?,18+,19-,20?,21?,22-,23+/m1/s1. The molecule has 6 heteroatoms. The summed E-state index contributed by atoms with van der Waals surface area (Å²) in [6, 6.07) is 1.79. The van der Waals surface area contributed by atoms with Crippen LogP contribution in [0.25, 0.3) is 0 Å². The summed E-state index contributed by atoms with van der Waals surface area (Å²) in [4.78, 5) is 8.00. The van der Waals surface area contributed by atoms with Gasteiger partial charge in [0.2, 0.25) is 0 Å². The molecule has 5 heterocycles. The number of nitrogens with two attached hydrogens (primary N) is 3. The van der Waals surface area contributed by atoms with Gasteiger partial charge in [-0.1, -0.05) is 0 Å². The molecule has 6 nitrogen and oxygen atoms in total. The minimum atomic E-state index is -0.112. The molecule has 0 saturated carbocycles. The highest BCUT2D eigenvalue weighted by Gasteiger charge is 2.68. The molecule has 4 bridgehead atoms. The number of likely N-dealkylation sites (tertiary alicyclic amines) is 1. The zero-order chi connectivity index (χ0) is 20.8. The Bertz CT molecular complexity index is 653. The van der Waals surface area contributed by atoms with Gasteiger partial charge < -0.3 is 22.1 Å². The third-order valence-electron chi connectivity index (χ3n) is 10.5. The molecule has 29 heavy (non-hydrogen) atoms. The van der Waals surface area contributed by atoms with Gasteiger partial charge in [-0.2, -0.15) is 0 Å². The van der Waals surface area contributed by atoms with Crippen molar-refractivity contribution in [2.24, 2.45) is 29.0 Å². The lowest BCUT2D eigenvalue weighted by atomic mass is 9.61. The zero-order valence-electron chi connectivity index (χ0n) is 19.1. The van der Waals surface area contributed by atoms with Gasteiger partial charge in [-0.15, -0.1) is 0 Å². The highest BCUT2D eigenvalue weighted by atomic mass is 15.4. The van der Waals surface area contributed by atoms with E-state index in [1.165, 1.54) is 25.7 Å². The maximum atomic E-state index is 7.11. The number of nitrogens with zero attached hydrogens (tertiary/aromatic N) is 3. The van der Waals surface area contributed by atoms with Crippen molar-refractivity contribution >= 4 is 0 Å². The lowest BCUT2D eigenvalue weighted by molar-refractivity contribution is -0.110. The first-order chi connectivity index (χ1) is 13.6. The van der Waals surface area contributed by atoms with Crippen LogP contribution in [0.15, 0.2) is 0 Å². The molecule has 0 aliphatic carbocycles. The Morgan fingerprint density at radius 1 is 0.897 bits per heavy atom. The van der Waals surface area contributed by atoms with Crippen molar-refractivity contribution in [3.63, 3.8) is 0 Å². The molecule has 5 saturated heterocycles. The van der Waals surface area contributed by atoms with Gasteiger partial charge >= 0.3 is 0 Å². The Hall–Kier alpha value is -0.240. The van der Waals surface area contributed by atoms with E-state index >= 15 is 0 Å². The van der Waals surface area contributed by atoms with Crippen LogP contribution in [0.2, 0.25) is 0 Å². The number of hydrogen-bond acceptors (Lipinski definition) is 6. The average Bonchev–Trinajstić information content (AvgIpc) is 2.98. The quantitative estimate of drug-likeness (QED) is 0.631. The molecule has 5 aliphatic heterocycles. The van der Waals surface area contributed by atoms with Gasteiger partial charge in [-0.25, -0.2) is 0 Å². The molecular weight excluding hydrogens is 360 g/mol. The van der Waals surface area contributed by atoms with Crippen LogP contribution in [0.1, 0.15) is 58.3 Å². The first-order valence-corrected chi connectivity index (χ1v) is 12.1. The van der Waals surface area contributed by atoms with Gasteiger partial charge in [0, 0.05) is 47.3 Å². The largest absolute Gasteiger partial charge is 0.328 e. The van der Waals surface area contributed by atoms with Crippen LogP contribution in [0.3, 0.4) is 0 Å². The van der Waals surface area contributed by atoms with E-state index in [0.29, 0.717) is 30.0 Å². The van der Waals surface area contributed by atoms with E-state index in [9.17, 15) is 0 Å². The number of piperidine rings is 3. The minimum Gasteiger partial charge on any atom is -0.328 e. The fourth-order valence-corrected chi connectivity index (χ4v) is 8.98. The van der Waals surface area contributed by atoms with E-state index in [2.05, 4.69) is 42.8 Å². The van der Waals surface area contributed by atoms with Crippen LogP contribution in [0, 0.1) is 11.8 Å². The summed E-state index contributed by atoms with van der Waals surface area (Å²) in [6.07, 6.45) is 9.60.